The largest absolute Gasteiger partial charge is 0.360 e. The summed E-state index contributed by atoms with van der Waals surface area (Å²) in [4.78, 5) is 14.9. The molecule has 0 saturated carbocycles. The summed E-state index contributed by atoms with van der Waals surface area (Å²) in [6, 6.07) is 7.16. The zero-order valence-corrected chi connectivity index (χ0v) is 16.8. The minimum atomic E-state index is -3.92. The van der Waals surface area contributed by atoms with E-state index in [4.69, 9.17) is 4.52 Å². The van der Waals surface area contributed by atoms with E-state index in [1.807, 2.05) is 32.0 Å². The fraction of sp³-hybridized carbons (Fsp3) is 0.474. The fourth-order valence-electron chi connectivity index (χ4n) is 3.44. The number of hydrogen-bond donors (Lipinski definition) is 1. The van der Waals surface area contributed by atoms with Crippen LogP contribution in [0.1, 0.15) is 36.4 Å². The molecule has 146 valence electrons. The van der Waals surface area contributed by atoms with Gasteiger partial charge in [0.2, 0.25) is 15.9 Å². The van der Waals surface area contributed by atoms with Crippen LogP contribution < -0.4 is 4.72 Å². The van der Waals surface area contributed by atoms with Gasteiger partial charge < -0.3 is 9.42 Å². The second-order valence-corrected chi connectivity index (χ2v) is 8.93. The van der Waals surface area contributed by atoms with Crippen LogP contribution in [-0.2, 0) is 27.8 Å². The van der Waals surface area contributed by atoms with Gasteiger partial charge >= 0.3 is 0 Å². The summed E-state index contributed by atoms with van der Waals surface area (Å²) >= 11 is 0. The number of fused-ring (bicyclic) bond motifs is 1. The van der Waals surface area contributed by atoms with E-state index in [1.54, 1.807) is 18.7 Å². The molecule has 27 heavy (non-hydrogen) atoms. The molecule has 0 aliphatic carbocycles. The summed E-state index contributed by atoms with van der Waals surface area (Å²) in [6.45, 7) is 7.84. The number of rotatable bonds is 5. The van der Waals surface area contributed by atoms with Crippen LogP contribution in [0, 0.1) is 19.8 Å². The Morgan fingerprint density at radius 1 is 1.22 bits per heavy atom. The van der Waals surface area contributed by atoms with Crippen molar-refractivity contribution in [3.05, 3.63) is 46.8 Å². The second kappa shape index (κ2) is 7.44. The molecule has 0 radical (unpaired) electrons. The Bertz CT molecular complexity index is 930. The van der Waals surface area contributed by atoms with Crippen molar-refractivity contribution in [1.29, 1.82) is 0 Å². The third-order valence-electron chi connectivity index (χ3n) is 4.89. The molecule has 1 aliphatic rings. The molecule has 2 heterocycles. The Hall–Kier alpha value is -2.19. The first-order valence-electron chi connectivity index (χ1n) is 9.01. The van der Waals surface area contributed by atoms with Gasteiger partial charge in [-0.25, -0.2) is 8.42 Å². The lowest BCUT2D eigenvalue weighted by Crippen LogP contribution is -2.52. The van der Waals surface area contributed by atoms with E-state index in [0.717, 1.165) is 12.0 Å². The smallest absolute Gasteiger partial charge is 0.246 e. The maximum Gasteiger partial charge on any atom is 0.246 e. The number of aryl methyl sites for hydroxylation is 2. The highest BCUT2D eigenvalue weighted by Crippen LogP contribution is 2.23. The molecular weight excluding hydrogens is 366 g/mol. The summed E-state index contributed by atoms with van der Waals surface area (Å²) in [5, 5.41) is 3.70. The lowest BCUT2D eigenvalue weighted by atomic mass is 9.97. The molecule has 2 aromatic rings. The molecule has 0 bridgehead atoms. The molecule has 1 atom stereocenters. The van der Waals surface area contributed by atoms with E-state index in [0.29, 0.717) is 13.1 Å². The van der Waals surface area contributed by atoms with Gasteiger partial charge in [0.1, 0.15) is 16.6 Å². The van der Waals surface area contributed by atoms with E-state index in [9.17, 15) is 13.2 Å². The molecule has 0 fully saturated rings. The quantitative estimate of drug-likeness (QED) is 0.843. The lowest BCUT2D eigenvalue weighted by molar-refractivity contribution is -0.135. The second-order valence-electron chi connectivity index (χ2n) is 7.27. The number of amides is 1. The summed E-state index contributed by atoms with van der Waals surface area (Å²) in [5.74, 6) is -0.207. The topological polar surface area (TPSA) is 92.5 Å². The normalized spacial score (nSPS) is 15.7. The molecule has 3 rings (SSSR count). The van der Waals surface area contributed by atoms with Crippen molar-refractivity contribution in [1.82, 2.24) is 14.8 Å². The first-order chi connectivity index (χ1) is 12.7. The van der Waals surface area contributed by atoms with Gasteiger partial charge in [-0.15, -0.1) is 0 Å². The minimum Gasteiger partial charge on any atom is -0.360 e. The van der Waals surface area contributed by atoms with Crippen LogP contribution in [-0.4, -0.2) is 37.0 Å². The van der Waals surface area contributed by atoms with Crippen LogP contribution in [0.25, 0.3) is 0 Å². The lowest BCUT2D eigenvalue weighted by Gasteiger charge is -2.33. The van der Waals surface area contributed by atoms with Crippen molar-refractivity contribution in [2.45, 2.75) is 51.6 Å². The van der Waals surface area contributed by atoms with Crippen molar-refractivity contribution >= 4 is 15.9 Å². The van der Waals surface area contributed by atoms with Crippen molar-refractivity contribution in [3.8, 4) is 0 Å². The van der Waals surface area contributed by atoms with E-state index in [2.05, 4.69) is 15.9 Å². The molecule has 1 aliphatic heterocycles. The van der Waals surface area contributed by atoms with Crippen LogP contribution in [0.3, 0.4) is 0 Å². The first-order valence-corrected chi connectivity index (χ1v) is 10.5. The van der Waals surface area contributed by atoms with Crippen LogP contribution in [0.5, 0.6) is 0 Å². The maximum atomic E-state index is 13.1. The van der Waals surface area contributed by atoms with Gasteiger partial charge in [-0.05, 0) is 37.3 Å². The Labute approximate surface area is 159 Å². The van der Waals surface area contributed by atoms with Crippen LogP contribution in [0.15, 0.2) is 33.7 Å². The van der Waals surface area contributed by atoms with Gasteiger partial charge in [-0.2, -0.15) is 4.72 Å². The molecule has 7 nitrogen and oxygen atoms in total. The number of sulfonamides is 1. The number of nitrogens with one attached hydrogen (secondary N) is 1. The zero-order chi connectivity index (χ0) is 19.8. The highest BCUT2D eigenvalue weighted by Gasteiger charge is 2.35. The van der Waals surface area contributed by atoms with Gasteiger partial charge in [-0.3, -0.25) is 4.79 Å². The maximum absolute atomic E-state index is 13.1. The molecule has 1 aromatic heterocycles. The van der Waals surface area contributed by atoms with E-state index in [-0.39, 0.29) is 28.2 Å². The molecule has 1 aromatic carbocycles. The molecule has 1 amide bonds. The number of benzene rings is 1. The van der Waals surface area contributed by atoms with Crippen molar-refractivity contribution in [2.24, 2.45) is 5.92 Å². The molecule has 0 spiro atoms. The molecular formula is C19H25N3O4S. The number of carbonyl (C=O) groups is 1. The van der Waals surface area contributed by atoms with E-state index in [1.165, 1.54) is 5.56 Å². The molecule has 0 unspecified atom stereocenters. The number of carbonyl (C=O) groups excluding carboxylic acids is 1. The third-order valence-corrected chi connectivity index (χ3v) is 6.58. The number of hydrogen-bond acceptors (Lipinski definition) is 5. The summed E-state index contributed by atoms with van der Waals surface area (Å²) in [7, 11) is -3.92. The molecule has 1 N–H and O–H groups in total. The third kappa shape index (κ3) is 3.91. The van der Waals surface area contributed by atoms with Crippen LogP contribution >= 0.6 is 0 Å². The summed E-state index contributed by atoms with van der Waals surface area (Å²) < 4.78 is 33.3. The van der Waals surface area contributed by atoms with Crippen molar-refractivity contribution in [2.75, 3.05) is 6.54 Å². The Morgan fingerprint density at radius 2 is 1.89 bits per heavy atom. The Kier molecular flexibility index (Phi) is 5.39. The Balaban J connectivity index is 1.83. The molecule has 0 saturated heterocycles. The number of nitrogens with zero attached hydrogens (tertiary/aromatic N) is 2. The average molecular weight is 391 g/mol. The standard InChI is InChI=1S/C19H25N3O4S/c1-12(2)17(21-27(24,25)18-13(3)20-26-14(18)4)19(23)22-10-9-15-7-5-6-8-16(15)11-22/h5-8,12,17,21H,9-11H2,1-4H3/t17-/m0/s1. The van der Waals surface area contributed by atoms with Crippen LogP contribution in [0.2, 0.25) is 0 Å². The summed E-state index contributed by atoms with van der Waals surface area (Å²) in [6.07, 6.45) is 0.767. The van der Waals surface area contributed by atoms with Crippen LogP contribution in [0.4, 0.5) is 0 Å². The molecule has 8 heteroatoms. The van der Waals surface area contributed by atoms with Gasteiger partial charge in [0.05, 0.1) is 0 Å². The Morgan fingerprint density at radius 3 is 2.48 bits per heavy atom. The highest BCUT2D eigenvalue weighted by atomic mass is 32.2. The highest BCUT2D eigenvalue weighted by molar-refractivity contribution is 7.89. The zero-order valence-electron chi connectivity index (χ0n) is 16.0. The monoisotopic (exact) mass is 391 g/mol. The van der Waals surface area contributed by atoms with Gasteiger partial charge in [0, 0.05) is 13.1 Å². The average Bonchev–Trinajstić information content (AvgIpc) is 2.97. The van der Waals surface area contributed by atoms with Gasteiger partial charge in [0.25, 0.3) is 0 Å². The summed E-state index contributed by atoms with van der Waals surface area (Å²) in [5.41, 5.74) is 2.62. The predicted octanol–water partition coefficient (Wildman–Crippen LogP) is 2.18. The van der Waals surface area contributed by atoms with E-state index >= 15 is 0 Å². The number of aromatic nitrogens is 1. The SMILES string of the molecule is Cc1noc(C)c1S(=O)(=O)N[C@H](C(=O)N1CCc2ccccc2C1)C(C)C. The van der Waals surface area contributed by atoms with Gasteiger partial charge in [0.15, 0.2) is 5.76 Å². The van der Waals surface area contributed by atoms with E-state index < -0.39 is 16.1 Å². The van der Waals surface area contributed by atoms with Crippen molar-refractivity contribution < 1.29 is 17.7 Å². The fourth-order valence-corrected chi connectivity index (χ4v) is 5.10. The minimum absolute atomic E-state index is 0.00457. The van der Waals surface area contributed by atoms with Crippen molar-refractivity contribution in [3.63, 3.8) is 0 Å². The predicted molar refractivity (Wildman–Crippen MR) is 100 cm³/mol. The first kappa shape index (κ1) is 19.6. The van der Waals surface area contributed by atoms with Gasteiger partial charge in [-0.1, -0.05) is 43.3 Å².